The fourth-order valence-electron chi connectivity index (χ4n) is 1.78. The third-order valence-electron chi connectivity index (χ3n) is 3.25. The molecule has 1 aromatic carbocycles. The zero-order valence-corrected chi connectivity index (χ0v) is 19.2. The molecule has 0 heterocycles. The first-order valence-corrected chi connectivity index (χ1v) is 8.97. The Morgan fingerprint density at radius 2 is 1.70 bits per heavy atom. The van der Waals surface area contributed by atoms with Crippen LogP contribution in [0.4, 0.5) is 10.5 Å². The van der Waals surface area contributed by atoms with E-state index in [0.29, 0.717) is 25.3 Å². The number of hydrogen-bond donors (Lipinski definition) is 4. The Morgan fingerprint density at radius 3 is 2.11 bits per heavy atom. The Balaban J connectivity index is -0.000000623. The second-order valence-corrected chi connectivity index (χ2v) is 5.54. The quantitative estimate of drug-likeness (QED) is 0.228. The van der Waals surface area contributed by atoms with Gasteiger partial charge in [0.1, 0.15) is 0 Å². The van der Waals surface area contributed by atoms with Gasteiger partial charge < -0.3 is 31.1 Å². The molecule has 0 radical (unpaired) electrons. The van der Waals surface area contributed by atoms with E-state index in [2.05, 4.69) is 12.2 Å². The van der Waals surface area contributed by atoms with Gasteiger partial charge in [-0.15, -0.1) is 0 Å². The number of amides is 1. The first-order valence-electron chi connectivity index (χ1n) is 8.97. The summed E-state index contributed by atoms with van der Waals surface area (Å²) in [5.74, 6) is 0. The number of aliphatic hydroxyl groups excluding tert-OH is 2. The van der Waals surface area contributed by atoms with Gasteiger partial charge in [0.15, 0.2) is 0 Å². The van der Waals surface area contributed by atoms with E-state index in [1.54, 1.807) is 12.1 Å². The van der Waals surface area contributed by atoms with E-state index in [1.165, 1.54) is 0 Å². The summed E-state index contributed by atoms with van der Waals surface area (Å²) < 4.78 is 4.99. The molecule has 0 aliphatic carbocycles. The first-order chi connectivity index (χ1) is 12.6. The van der Waals surface area contributed by atoms with Crippen molar-refractivity contribution >= 4 is 11.8 Å². The smallest absolute Gasteiger partial charge is 0.857 e. The van der Waals surface area contributed by atoms with Crippen molar-refractivity contribution < 1.29 is 54.4 Å². The summed E-state index contributed by atoms with van der Waals surface area (Å²) in [6.07, 6.45) is 3.91. The van der Waals surface area contributed by atoms with Crippen LogP contribution in [0.15, 0.2) is 24.3 Å². The Labute approximate surface area is 185 Å². The third kappa shape index (κ3) is 19.7. The molecule has 0 unspecified atom stereocenters. The molecule has 0 spiro atoms. The van der Waals surface area contributed by atoms with Gasteiger partial charge in [-0.25, -0.2) is 4.79 Å². The summed E-state index contributed by atoms with van der Waals surface area (Å²) in [6.45, 7) is 4.70. The number of carbonyl (C=O) groups excluding carboxylic acids is 1. The van der Waals surface area contributed by atoms with E-state index in [4.69, 9.17) is 20.7 Å². The van der Waals surface area contributed by atoms with Crippen molar-refractivity contribution in [2.24, 2.45) is 0 Å². The van der Waals surface area contributed by atoms with Gasteiger partial charge in [-0.3, -0.25) is 0 Å². The Hall–Kier alpha value is -0.830. The second-order valence-electron chi connectivity index (χ2n) is 5.54. The van der Waals surface area contributed by atoms with Gasteiger partial charge in [0, 0.05) is 12.3 Å². The fourth-order valence-corrected chi connectivity index (χ4v) is 1.78. The summed E-state index contributed by atoms with van der Waals surface area (Å²) >= 11 is 0. The SMILES string of the molecule is CCCCO.CCCCOC(=O)N[C@H](CO)Cc1ccc(N)cc1.C[O-].[Na+]. The van der Waals surface area contributed by atoms with Crippen molar-refractivity contribution in [3.63, 3.8) is 0 Å². The molecule has 5 N–H and O–H groups in total. The molecule has 8 heteroatoms. The van der Waals surface area contributed by atoms with Gasteiger partial charge in [0.2, 0.25) is 0 Å². The molecule has 0 aliphatic rings. The second kappa shape index (κ2) is 23.2. The molecule has 7 nitrogen and oxygen atoms in total. The van der Waals surface area contributed by atoms with Gasteiger partial charge in [0.05, 0.1) is 19.3 Å². The Morgan fingerprint density at radius 1 is 1.15 bits per heavy atom. The molecule has 1 rings (SSSR count). The molecule has 0 bridgehead atoms. The fraction of sp³-hybridized carbons (Fsp3) is 0.632. The minimum absolute atomic E-state index is 0. The maximum Gasteiger partial charge on any atom is 1.00 e. The van der Waals surface area contributed by atoms with Crippen LogP contribution in [0.5, 0.6) is 0 Å². The molecule has 1 aromatic rings. The van der Waals surface area contributed by atoms with Crippen LogP contribution in [-0.2, 0) is 11.2 Å². The van der Waals surface area contributed by atoms with Crippen molar-refractivity contribution in [3.05, 3.63) is 29.8 Å². The summed E-state index contributed by atoms with van der Waals surface area (Å²) in [7, 11) is 0.750. The number of carbonyl (C=O) groups is 1. The van der Waals surface area contributed by atoms with E-state index < -0.39 is 6.09 Å². The molecular weight excluding hydrogens is 359 g/mol. The van der Waals surface area contributed by atoms with E-state index in [0.717, 1.165) is 38.4 Å². The molecule has 152 valence electrons. The zero-order chi connectivity index (χ0) is 20.2. The minimum Gasteiger partial charge on any atom is -0.857 e. The predicted molar refractivity (Wildman–Crippen MR) is 103 cm³/mol. The largest absolute Gasteiger partial charge is 1.00 e. The number of aliphatic hydroxyl groups is 2. The number of alkyl carbamates (subject to hydrolysis) is 1. The summed E-state index contributed by atoms with van der Waals surface area (Å²) in [6, 6.07) is 6.99. The molecular formula is C19H35N2NaO5. The number of anilines is 1. The molecule has 0 saturated heterocycles. The average molecular weight is 394 g/mol. The van der Waals surface area contributed by atoms with Crippen molar-refractivity contribution in [1.82, 2.24) is 5.32 Å². The zero-order valence-electron chi connectivity index (χ0n) is 17.2. The van der Waals surface area contributed by atoms with Crippen LogP contribution in [0.3, 0.4) is 0 Å². The number of nitrogens with two attached hydrogens (primary N) is 1. The number of hydrogen-bond acceptors (Lipinski definition) is 6. The molecule has 27 heavy (non-hydrogen) atoms. The molecule has 0 saturated carbocycles. The van der Waals surface area contributed by atoms with Crippen LogP contribution >= 0.6 is 0 Å². The molecule has 1 amide bonds. The van der Waals surface area contributed by atoms with Crippen LogP contribution in [0.25, 0.3) is 0 Å². The van der Waals surface area contributed by atoms with E-state index >= 15 is 0 Å². The third-order valence-corrected chi connectivity index (χ3v) is 3.25. The van der Waals surface area contributed by atoms with Crippen LogP contribution < -0.4 is 45.7 Å². The number of rotatable bonds is 9. The number of unbranched alkanes of at least 4 members (excludes halogenated alkanes) is 2. The van der Waals surface area contributed by atoms with Gasteiger partial charge in [-0.2, -0.15) is 7.11 Å². The van der Waals surface area contributed by atoms with Gasteiger partial charge in [-0.1, -0.05) is 38.8 Å². The maximum absolute atomic E-state index is 11.5. The Kier molecular flexibility index (Phi) is 26.5. The summed E-state index contributed by atoms with van der Waals surface area (Å²) in [5.41, 5.74) is 7.29. The predicted octanol–water partition coefficient (Wildman–Crippen LogP) is -1.54. The number of benzene rings is 1. The topological polar surface area (TPSA) is 128 Å². The molecule has 0 aromatic heterocycles. The molecule has 0 fully saturated rings. The van der Waals surface area contributed by atoms with E-state index in [9.17, 15) is 9.90 Å². The van der Waals surface area contributed by atoms with Crippen LogP contribution in [0.2, 0.25) is 0 Å². The van der Waals surface area contributed by atoms with Gasteiger partial charge in [-0.05, 0) is 37.0 Å². The van der Waals surface area contributed by atoms with E-state index in [-0.39, 0.29) is 42.2 Å². The minimum atomic E-state index is -0.483. The average Bonchev–Trinajstić information content (AvgIpc) is 2.66. The summed E-state index contributed by atoms with van der Waals surface area (Å²) in [5, 5.41) is 28.2. The van der Waals surface area contributed by atoms with E-state index in [1.807, 2.05) is 19.1 Å². The monoisotopic (exact) mass is 394 g/mol. The first kappa shape index (κ1) is 30.9. The maximum atomic E-state index is 11.5. The van der Waals surface area contributed by atoms with Crippen LogP contribution in [0.1, 0.15) is 45.1 Å². The van der Waals surface area contributed by atoms with Crippen molar-refractivity contribution in [3.8, 4) is 0 Å². The van der Waals surface area contributed by atoms with Crippen molar-refractivity contribution in [2.45, 2.75) is 52.0 Å². The molecule has 0 aliphatic heterocycles. The number of ether oxygens (including phenoxy) is 1. The van der Waals surface area contributed by atoms with Crippen molar-refractivity contribution in [1.29, 1.82) is 0 Å². The van der Waals surface area contributed by atoms with Gasteiger partial charge >= 0.3 is 35.7 Å². The molecule has 1 atom stereocenters. The normalized spacial score (nSPS) is 10.1. The van der Waals surface area contributed by atoms with Crippen molar-refractivity contribution in [2.75, 3.05) is 32.7 Å². The summed E-state index contributed by atoms with van der Waals surface area (Å²) in [4.78, 5) is 11.5. The van der Waals surface area contributed by atoms with Gasteiger partial charge in [0.25, 0.3) is 0 Å². The standard InChI is InChI=1S/C14H22N2O3.C4H10O.CH3O.Na/c1-2-3-8-19-14(18)16-13(10-17)9-11-4-6-12(15)7-5-11;1-2-3-4-5;1-2;/h4-7,13,17H,2-3,8-10,15H2,1H3,(H,16,18);5H,2-4H2,1H3;1H3;/q;;-1;+1/t13-;;;/m0.../s1. The Bertz CT molecular complexity index is 431. The number of nitrogen functional groups attached to an aromatic ring is 1. The van der Waals surface area contributed by atoms with Crippen LogP contribution in [-0.4, -0.2) is 49.3 Å². The number of nitrogens with one attached hydrogen (secondary N) is 1. The van der Waals surface area contributed by atoms with Crippen LogP contribution in [0, 0.1) is 0 Å².